The van der Waals surface area contributed by atoms with Gasteiger partial charge in [0.15, 0.2) is 4.87 Å². The van der Waals surface area contributed by atoms with Gasteiger partial charge in [0.05, 0.1) is 0 Å². The van der Waals surface area contributed by atoms with Crippen LogP contribution in [0, 0.1) is 5.92 Å². The average Bonchev–Trinajstić information content (AvgIpc) is 2.74. The van der Waals surface area contributed by atoms with Gasteiger partial charge < -0.3 is 10.1 Å². The molecule has 104 valence electrons. The van der Waals surface area contributed by atoms with Crippen LogP contribution in [0.15, 0.2) is 23.6 Å². The van der Waals surface area contributed by atoms with Gasteiger partial charge in [0.1, 0.15) is 6.61 Å². The molecule has 0 spiro atoms. The number of carbonyl (C=O) groups excluding carboxylic acids is 2. The number of allylic oxidation sites excluding steroid dienone is 2. The molecule has 1 amide bonds. The molecule has 1 aliphatic carbocycles. The Balaban J connectivity index is 2.19. The van der Waals surface area contributed by atoms with Crippen LogP contribution >= 0.6 is 11.8 Å². The van der Waals surface area contributed by atoms with E-state index in [1.54, 1.807) is 0 Å². The van der Waals surface area contributed by atoms with Gasteiger partial charge in [-0.05, 0) is 36.5 Å². The van der Waals surface area contributed by atoms with Crippen molar-refractivity contribution in [2.75, 3.05) is 6.61 Å². The lowest BCUT2D eigenvalue weighted by molar-refractivity contribution is -0.148. The zero-order valence-electron chi connectivity index (χ0n) is 11.1. The zero-order valence-corrected chi connectivity index (χ0v) is 11.9. The fraction of sp³-hybridized carbons (Fsp3) is 0.571. The molecule has 1 aliphatic heterocycles. The van der Waals surface area contributed by atoms with Crippen molar-refractivity contribution in [3.05, 3.63) is 23.6 Å². The lowest BCUT2D eigenvalue weighted by Gasteiger charge is -2.26. The second-order valence-electron chi connectivity index (χ2n) is 4.94. The van der Waals surface area contributed by atoms with Crippen LogP contribution in [0.5, 0.6) is 0 Å². The van der Waals surface area contributed by atoms with E-state index in [0.717, 1.165) is 19.3 Å². The van der Waals surface area contributed by atoms with Gasteiger partial charge in [0, 0.05) is 6.92 Å². The smallest absolute Gasteiger partial charge is 0.343 e. The fourth-order valence-corrected chi connectivity index (χ4v) is 4.22. The Morgan fingerprint density at radius 2 is 2.47 bits per heavy atom. The van der Waals surface area contributed by atoms with Crippen LogP contribution in [0.1, 0.15) is 32.6 Å². The number of rotatable bonds is 4. The average molecular weight is 281 g/mol. The minimum Gasteiger partial charge on any atom is -0.459 e. The number of fused-ring (bicyclic) bond motifs is 1. The summed E-state index contributed by atoms with van der Waals surface area (Å²) in [4.78, 5) is 24.0. The van der Waals surface area contributed by atoms with Gasteiger partial charge in [-0.25, -0.2) is 4.79 Å². The Morgan fingerprint density at radius 3 is 3.11 bits per heavy atom. The molecular weight excluding hydrogens is 262 g/mol. The van der Waals surface area contributed by atoms with Crippen LogP contribution in [0.4, 0.5) is 0 Å². The summed E-state index contributed by atoms with van der Waals surface area (Å²) in [7, 11) is 0. The van der Waals surface area contributed by atoms with Crippen LogP contribution < -0.4 is 5.32 Å². The normalized spacial score (nSPS) is 29.1. The molecule has 4 nitrogen and oxygen atoms in total. The zero-order chi connectivity index (χ0) is 13.9. The number of ether oxygens (including phenoxy) is 1. The van der Waals surface area contributed by atoms with Crippen LogP contribution in [0.25, 0.3) is 0 Å². The van der Waals surface area contributed by atoms with Crippen molar-refractivity contribution in [1.82, 2.24) is 5.32 Å². The van der Waals surface area contributed by atoms with Gasteiger partial charge in [-0.3, -0.25) is 4.79 Å². The lowest BCUT2D eigenvalue weighted by Crippen LogP contribution is -2.50. The van der Waals surface area contributed by atoms with E-state index in [-0.39, 0.29) is 18.5 Å². The highest BCUT2D eigenvalue weighted by molar-refractivity contribution is 8.05. The molecule has 1 saturated heterocycles. The second-order valence-corrected chi connectivity index (χ2v) is 6.31. The van der Waals surface area contributed by atoms with E-state index in [4.69, 9.17) is 4.74 Å². The van der Waals surface area contributed by atoms with Crippen molar-refractivity contribution in [1.29, 1.82) is 0 Å². The largest absolute Gasteiger partial charge is 0.459 e. The first-order chi connectivity index (χ1) is 9.07. The molecule has 1 N–H and O–H groups in total. The van der Waals surface area contributed by atoms with E-state index in [0.29, 0.717) is 12.3 Å². The summed E-state index contributed by atoms with van der Waals surface area (Å²) in [5.41, 5.74) is 0. The maximum Gasteiger partial charge on any atom is 0.343 e. The fourth-order valence-electron chi connectivity index (χ4n) is 2.62. The minimum atomic E-state index is -0.949. The number of hydrogen-bond acceptors (Lipinski definition) is 4. The monoisotopic (exact) mass is 281 g/mol. The van der Waals surface area contributed by atoms with Gasteiger partial charge in [-0.15, -0.1) is 0 Å². The van der Waals surface area contributed by atoms with E-state index in [2.05, 4.69) is 18.0 Å². The molecular formula is C14H19NO3S. The summed E-state index contributed by atoms with van der Waals surface area (Å²) in [6.45, 7) is 5.13. The van der Waals surface area contributed by atoms with Crippen molar-refractivity contribution < 1.29 is 14.3 Å². The van der Waals surface area contributed by atoms with Crippen molar-refractivity contribution in [2.45, 2.75) is 37.5 Å². The number of thioether (sulfide) groups is 1. The number of hydrogen-bond donors (Lipinski definition) is 1. The molecule has 0 aromatic rings. The van der Waals surface area contributed by atoms with E-state index >= 15 is 0 Å². The maximum absolute atomic E-state index is 12.3. The topological polar surface area (TPSA) is 55.4 Å². The Kier molecular flexibility index (Phi) is 4.34. The van der Waals surface area contributed by atoms with Gasteiger partial charge in [-0.1, -0.05) is 30.5 Å². The Labute approximate surface area is 117 Å². The summed E-state index contributed by atoms with van der Waals surface area (Å²) >= 11 is 1.45. The maximum atomic E-state index is 12.3. The first-order valence-corrected chi connectivity index (χ1v) is 7.35. The number of esters is 1. The molecule has 1 fully saturated rings. The number of nitrogens with one attached hydrogen (secondary N) is 1. The molecule has 19 heavy (non-hydrogen) atoms. The third-order valence-electron chi connectivity index (χ3n) is 3.37. The SMILES string of the molecule is C=CCOC(=O)C1(NC(C)=O)CC2CCCC=C2S1. The first kappa shape index (κ1) is 14.2. The summed E-state index contributed by atoms with van der Waals surface area (Å²) in [6.07, 6.45) is 7.62. The minimum absolute atomic E-state index is 0.171. The molecule has 1 heterocycles. The quantitative estimate of drug-likeness (QED) is 0.635. The second kappa shape index (κ2) is 5.82. The molecule has 0 aromatic carbocycles. The molecule has 2 aliphatic rings. The molecule has 0 aromatic heterocycles. The Bertz CT molecular complexity index is 432. The molecule has 5 heteroatoms. The summed E-state index contributed by atoms with van der Waals surface area (Å²) in [5, 5.41) is 2.79. The van der Waals surface area contributed by atoms with Crippen LogP contribution in [0.2, 0.25) is 0 Å². The number of amides is 1. The van der Waals surface area contributed by atoms with E-state index in [1.807, 2.05) is 0 Å². The summed E-state index contributed by atoms with van der Waals surface area (Å²) in [6, 6.07) is 0. The highest BCUT2D eigenvalue weighted by Crippen LogP contribution is 2.52. The van der Waals surface area contributed by atoms with E-state index < -0.39 is 4.87 Å². The Hall–Kier alpha value is -1.23. The van der Waals surface area contributed by atoms with Crippen molar-refractivity contribution in [3.63, 3.8) is 0 Å². The van der Waals surface area contributed by atoms with E-state index in [1.165, 1.54) is 29.7 Å². The molecule has 0 saturated carbocycles. The summed E-state index contributed by atoms with van der Waals surface area (Å²) < 4.78 is 5.17. The van der Waals surface area contributed by atoms with Gasteiger partial charge in [0.2, 0.25) is 5.91 Å². The first-order valence-electron chi connectivity index (χ1n) is 6.53. The molecule has 2 unspecified atom stereocenters. The summed E-state index contributed by atoms with van der Waals surface area (Å²) in [5.74, 6) is -0.202. The van der Waals surface area contributed by atoms with E-state index in [9.17, 15) is 9.59 Å². The third-order valence-corrected chi connectivity index (χ3v) is 4.89. The van der Waals surface area contributed by atoms with Crippen molar-refractivity contribution in [3.8, 4) is 0 Å². The van der Waals surface area contributed by atoms with Crippen LogP contribution in [0.3, 0.4) is 0 Å². The predicted octanol–water partition coefficient (Wildman–Crippen LogP) is 2.37. The van der Waals surface area contributed by atoms with Gasteiger partial charge in [0.25, 0.3) is 0 Å². The molecule has 0 bridgehead atoms. The lowest BCUT2D eigenvalue weighted by atomic mass is 9.90. The standard InChI is InChI=1S/C14H19NO3S/c1-3-8-18-13(17)14(15-10(2)16)9-11-6-4-5-7-12(11)19-14/h3,7,11H,1,4-6,8-9H2,2H3,(H,15,16). The van der Waals surface area contributed by atoms with Gasteiger partial charge in [-0.2, -0.15) is 0 Å². The van der Waals surface area contributed by atoms with Crippen molar-refractivity contribution >= 4 is 23.6 Å². The predicted molar refractivity (Wildman–Crippen MR) is 75.3 cm³/mol. The highest BCUT2D eigenvalue weighted by Gasteiger charge is 2.51. The molecule has 0 radical (unpaired) electrons. The molecule has 2 atom stereocenters. The third kappa shape index (κ3) is 3.03. The Morgan fingerprint density at radius 1 is 1.68 bits per heavy atom. The highest BCUT2D eigenvalue weighted by atomic mass is 32.2. The van der Waals surface area contributed by atoms with Crippen molar-refractivity contribution in [2.24, 2.45) is 5.92 Å². The number of carbonyl (C=O) groups is 2. The van der Waals surface area contributed by atoms with Crippen LogP contribution in [-0.2, 0) is 14.3 Å². The molecule has 2 rings (SSSR count). The van der Waals surface area contributed by atoms with Crippen LogP contribution in [-0.4, -0.2) is 23.4 Å². The van der Waals surface area contributed by atoms with Gasteiger partial charge >= 0.3 is 5.97 Å².